The van der Waals surface area contributed by atoms with Gasteiger partial charge in [-0.05, 0) is 37.3 Å². The first-order valence-corrected chi connectivity index (χ1v) is 8.40. The Kier molecular flexibility index (Phi) is 5.04. The number of ketones is 1. The van der Waals surface area contributed by atoms with Crippen LogP contribution in [0, 0.1) is 11.7 Å². The van der Waals surface area contributed by atoms with Gasteiger partial charge in [0, 0.05) is 29.9 Å². The van der Waals surface area contributed by atoms with Gasteiger partial charge in [0.2, 0.25) is 11.8 Å². The number of benzene rings is 2. The van der Waals surface area contributed by atoms with E-state index in [9.17, 15) is 18.8 Å². The zero-order valence-electron chi connectivity index (χ0n) is 14.0. The monoisotopic (exact) mass is 374 g/mol. The molecule has 1 unspecified atom stereocenters. The number of carbonyl (C=O) groups is 3. The summed E-state index contributed by atoms with van der Waals surface area (Å²) in [5.74, 6) is -1.75. The van der Waals surface area contributed by atoms with E-state index in [1.807, 2.05) is 0 Å². The molecule has 1 aliphatic heterocycles. The zero-order valence-corrected chi connectivity index (χ0v) is 14.7. The summed E-state index contributed by atoms with van der Waals surface area (Å²) >= 11 is 5.71. The van der Waals surface area contributed by atoms with Crippen molar-refractivity contribution >= 4 is 40.6 Å². The number of amides is 2. The molecule has 2 aromatic carbocycles. The minimum Gasteiger partial charge on any atom is -0.326 e. The standard InChI is InChI=1S/C19H16ClFN2O3/c1-11(24)12-3-2-4-15(7-12)23-10-13(8-18(23)25)19(26)22-14-5-6-17(21)16(20)9-14/h2-7,9,13H,8,10H2,1H3,(H,22,26). The topological polar surface area (TPSA) is 66.5 Å². The van der Waals surface area contributed by atoms with Crippen LogP contribution in [0.2, 0.25) is 5.02 Å². The largest absolute Gasteiger partial charge is 0.326 e. The summed E-state index contributed by atoms with van der Waals surface area (Å²) in [6.07, 6.45) is 0.0606. The molecule has 0 aromatic heterocycles. The van der Waals surface area contributed by atoms with Gasteiger partial charge in [-0.2, -0.15) is 0 Å². The molecule has 1 saturated heterocycles. The van der Waals surface area contributed by atoms with E-state index in [0.717, 1.165) is 6.07 Å². The van der Waals surface area contributed by atoms with Crippen LogP contribution in [0.15, 0.2) is 42.5 Å². The average Bonchev–Trinajstić information content (AvgIpc) is 3.00. The number of nitrogens with one attached hydrogen (secondary N) is 1. The van der Waals surface area contributed by atoms with E-state index in [1.54, 1.807) is 24.3 Å². The third-order valence-electron chi connectivity index (χ3n) is 4.25. The molecular formula is C19H16ClFN2O3. The second-order valence-electron chi connectivity index (χ2n) is 6.13. The van der Waals surface area contributed by atoms with Crippen molar-refractivity contribution in [3.63, 3.8) is 0 Å². The van der Waals surface area contributed by atoms with E-state index in [1.165, 1.54) is 24.0 Å². The summed E-state index contributed by atoms with van der Waals surface area (Å²) in [7, 11) is 0. The molecule has 1 fully saturated rings. The number of nitrogens with zero attached hydrogens (tertiary/aromatic N) is 1. The lowest BCUT2D eigenvalue weighted by molar-refractivity contribution is -0.122. The maximum absolute atomic E-state index is 13.2. The molecule has 0 aliphatic carbocycles. The number of halogens is 2. The van der Waals surface area contributed by atoms with Crippen molar-refractivity contribution in [1.82, 2.24) is 0 Å². The Bertz CT molecular complexity index is 900. The number of Topliss-reactive ketones (excluding diaryl/α,β-unsaturated/α-hetero) is 1. The fraction of sp³-hybridized carbons (Fsp3) is 0.211. The highest BCUT2D eigenvalue weighted by molar-refractivity contribution is 6.31. The second-order valence-corrected chi connectivity index (χ2v) is 6.54. The highest BCUT2D eigenvalue weighted by Crippen LogP contribution is 2.27. The maximum atomic E-state index is 13.2. The van der Waals surface area contributed by atoms with Gasteiger partial charge in [-0.1, -0.05) is 23.7 Å². The van der Waals surface area contributed by atoms with Crippen LogP contribution in [-0.4, -0.2) is 24.1 Å². The molecule has 3 rings (SSSR count). The Balaban J connectivity index is 1.72. The van der Waals surface area contributed by atoms with Crippen molar-refractivity contribution in [2.45, 2.75) is 13.3 Å². The quantitative estimate of drug-likeness (QED) is 0.830. The van der Waals surface area contributed by atoms with Crippen LogP contribution in [0.1, 0.15) is 23.7 Å². The SMILES string of the molecule is CC(=O)c1cccc(N2CC(C(=O)Nc3ccc(F)c(Cl)c3)CC2=O)c1. The molecule has 1 N–H and O–H groups in total. The Morgan fingerprint density at radius 1 is 1.23 bits per heavy atom. The molecule has 0 bridgehead atoms. The molecule has 134 valence electrons. The van der Waals surface area contributed by atoms with Crippen molar-refractivity contribution in [2.24, 2.45) is 5.92 Å². The fourth-order valence-corrected chi connectivity index (χ4v) is 3.02. The second kappa shape index (κ2) is 7.25. The van der Waals surface area contributed by atoms with E-state index in [4.69, 9.17) is 11.6 Å². The molecule has 1 atom stereocenters. The summed E-state index contributed by atoms with van der Waals surface area (Å²) in [6.45, 7) is 1.66. The van der Waals surface area contributed by atoms with Gasteiger partial charge in [0.15, 0.2) is 5.78 Å². The highest BCUT2D eigenvalue weighted by Gasteiger charge is 2.35. The van der Waals surface area contributed by atoms with Crippen LogP contribution in [0.5, 0.6) is 0 Å². The normalized spacial score (nSPS) is 16.7. The fourth-order valence-electron chi connectivity index (χ4n) is 2.84. The molecule has 2 amide bonds. The molecule has 2 aromatic rings. The summed E-state index contributed by atoms with van der Waals surface area (Å²) in [6, 6.07) is 10.6. The molecule has 26 heavy (non-hydrogen) atoms. The average molecular weight is 375 g/mol. The minimum atomic E-state index is -0.572. The molecule has 5 nitrogen and oxygen atoms in total. The van der Waals surface area contributed by atoms with Crippen molar-refractivity contribution in [2.75, 3.05) is 16.8 Å². The molecule has 7 heteroatoms. The Morgan fingerprint density at radius 3 is 2.69 bits per heavy atom. The number of carbonyl (C=O) groups excluding carboxylic acids is 3. The third kappa shape index (κ3) is 3.75. The van der Waals surface area contributed by atoms with E-state index < -0.39 is 11.7 Å². The number of hydrogen-bond donors (Lipinski definition) is 1. The van der Waals surface area contributed by atoms with Crippen molar-refractivity contribution in [3.8, 4) is 0 Å². The lowest BCUT2D eigenvalue weighted by Crippen LogP contribution is -2.28. The van der Waals surface area contributed by atoms with E-state index in [-0.39, 0.29) is 35.6 Å². The predicted molar refractivity (Wildman–Crippen MR) is 96.9 cm³/mol. The minimum absolute atomic E-state index is 0.0606. The van der Waals surface area contributed by atoms with Gasteiger partial charge < -0.3 is 10.2 Å². The van der Waals surface area contributed by atoms with E-state index in [2.05, 4.69) is 5.32 Å². The Hall–Kier alpha value is -2.73. The molecule has 1 aliphatic rings. The van der Waals surface area contributed by atoms with Crippen LogP contribution in [0.3, 0.4) is 0 Å². The van der Waals surface area contributed by atoms with E-state index >= 15 is 0 Å². The summed E-state index contributed by atoms with van der Waals surface area (Å²) in [4.78, 5) is 37.8. The van der Waals surface area contributed by atoms with Gasteiger partial charge in [-0.3, -0.25) is 14.4 Å². The first kappa shape index (κ1) is 18.1. The molecule has 0 saturated carbocycles. The lowest BCUT2D eigenvalue weighted by Gasteiger charge is -2.17. The van der Waals surface area contributed by atoms with Crippen LogP contribution < -0.4 is 10.2 Å². The number of hydrogen-bond acceptors (Lipinski definition) is 3. The Labute approximate surface area is 154 Å². The predicted octanol–water partition coefficient (Wildman–Crippen LogP) is 3.67. The van der Waals surface area contributed by atoms with Crippen LogP contribution >= 0.6 is 11.6 Å². The highest BCUT2D eigenvalue weighted by atomic mass is 35.5. The van der Waals surface area contributed by atoms with Gasteiger partial charge in [-0.25, -0.2) is 4.39 Å². The Morgan fingerprint density at radius 2 is 2.00 bits per heavy atom. The summed E-state index contributed by atoms with van der Waals surface area (Å²) in [5.41, 5.74) is 1.46. The van der Waals surface area contributed by atoms with Gasteiger partial charge in [0.1, 0.15) is 5.82 Å². The third-order valence-corrected chi connectivity index (χ3v) is 4.54. The van der Waals surface area contributed by atoms with Crippen LogP contribution in [0.25, 0.3) is 0 Å². The van der Waals surface area contributed by atoms with Crippen molar-refractivity contribution in [3.05, 3.63) is 58.9 Å². The maximum Gasteiger partial charge on any atom is 0.229 e. The molecule has 0 radical (unpaired) electrons. The van der Waals surface area contributed by atoms with Gasteiger partial charge in [0.05, 0.1) is 10.9 Å². The van der Waals surface area contributed by atoms with Gasteiger partial charge >= 0.3 is 0 Å². The van der Waals surface area contributed by atoms with Crippen LogP contribution in [-0.2, 0) is 9.59 Å². The smallest absolute Gasteiger partial charge is 0.229 e. The number of rotatable bonds is 4. The first-order valence-electron chi connectivity index (χ1n) is 8.02. The molecular weight excluding hydrogens is 359 g/mol. The first-order chi connectivity index (χ1) is 12.3. The van der Waals surface area contributed by atoms with Gasteiger partial charge in [-0.15, -0.1) is 0 Å². The lowest BCUT2D eigenvalue weighted by atomic mass is 10.1. The number of anilines is 2. The zero-order chi connectivity index (χ0) is 18.8. The summed E-state index contributed by atoms with van der Waals surface area (Å²) in [5, 5.41) is 2.56. The molecule has 0 spiro atoms. The van der Waals surface area contributed by atoms with Crippen LogP contribution in [0.4, 0.5) is 15.8 Å². The molecule has 1 heterocycles. The van der Waals surface area contributed by atoms with Crippen molar-refractivity contribution in [1.29, 1.82) is 0 Å². The van der Waals surface area contributed by atoms with E-state index in [0.29, 0.717) is 16.9 Å². The van der Waals surface area contributed by atoms with Gasteiger partial charge in [0.25, 0.3) is 0 Å². The van der Waals surface area contributed by atoms with Crippen molar-refractivity contribution < 1.29 is 18.8 Å². The summed E-state index contributed by atoms with van der Waals surface area (Å²) < 4.78 is 13.2.